The highest BCUT2D eigenvalue weighted by Gasteiger charge is 2.28. The SMILES string of the molecule is O=C(O)C1CCc2nnc(CC3CCCCCC3)n2C1. The summed E-state index contributed by atoms with van der Waals surface area (Å²) in [5.74, 6) is 1.73. The molecular weight excluding hydrogens is 254 g/mol. The van der Waals surface area contributed by atoms with Crippen molar-refractivity contribution in [3.63, 3.8) is 0 Å². The second-order valence-electron chi connectivity index (χ2n) is 6.28. The van der Waals surface area contributed by atoms with Crippen molar-refractivity contribution in [2.75, 3.05) is 0 Å². The zero-order valence-electron chi connectivity index (χ0n) is 11.9. The largest absolute Gasteiger partial charge is 0.481 e. The van der Waals surface area contributed by atoms with Crippen LogP contribution in [0.5, 0.6) is 0 Å². The highest BCUT2D eigenvalue weighted by Crippen LogP contribution is 2.27. The fraction of sp³-hybridized carbons (Fsp3) is 0.800. The average Bonchev–Trinajstić information content (AvgIpc) is 2.66. The van der Waals surface area contributed by atoms with E-state index in [1.807, 2.05) is 0 Å². The summed E-state index contributed by atoms with van der Waals surface area (Å²) in [6.45, 7) is 0.555. The highest BCUT2D eigenvalue weighted by atomic mass is 16.4. The van der Waals surface area contributed by atoms with Crippen molar-refractivity contribution < 1.29 is 9.90 Å². The van der Waals surface area contributed by atoms with Crippen LogP contribution in [0.3, 0.4) is 0 Å². The summed E-state index contributed by atoms with van der Waals surface area (Å²) in [6, 6.07) is 0. The minimum Gasteiger partial charge on any atom is -0.481 e. The number of carboxylic acid groups (broad SMARTS) is 1. The molecule has 5 heteroatoms. The Morgan fingerprint density at radius 1 is 1.15 bits per heavy atom. The van der Waals surface area contributed by atoms with Crippen molar-refractivity contribution >= 4 is 5.97 Å². The molecule has 0 saturated heterocycles. The predicted octanol–water partition coefficient (Wildman–Crippen LogP) is 2.44. The molecule has 1 aliphatic carbocycles. The van der Waals surface area contributed by atoms with Gasteiger partial charge in [-0.15, -0.1) is 10.2 Å². The van der Waals surface area contributed by atoms with Gasteiger partial charge in [0.15, 0.2) is 0 Å². The molecule has 1 unspecified atom stereocenters. The van der Waals surface area contributed by atoms with E-state index >= 15 is 0 Å². The van der Waals surface area contributed by atoms with E-state index in [9.17, 15) is 9.90 Å². The number of carbonyl (C=O) groups is 1. The van der Waals surface area contributed by atoms with Crippen LogP contribution in [-0.2, 0) is 24.2 Å². The third kappa shape index (κ3) is 2.86. The summed E-state index contributed by atoms with van der Waals surface area (Å²) in [6.07, 6.45) is 10.3. The number of aromatic nitrogens is 3. The Hall–Kier alpha value is -1.39. The summed E-state index contributed by atoms with van der Waals surface area (Å²) < 4.78 is 2.08. The van der Waals surface area contributed by atoms with Crippen molar-refractivity contribution in [3.05, 3.63) is 11.6 Å². The van der Waals surface area contributed by atoms with Crippen LogP contribution in [0.4, 0.5) is 0 Å². The fourth-order valence-corrected chi connectivity index (χ4v) is 3.56. The molecule has 20 heavy (non-hydrogen) atoms. The number of hydrogen-bond acceptors (Lipinski definition) is 3. The molecule has 0 radical (unpaired) electrons. The molecule has 1 N–H and O–H groups in total. The van der Waals surface area contributed by atoms with Crippen LogP contribution in [0.15, 0.2) is 0 Å². The van der Waals surface area contributed by atoms with Crippen LogP contribution < -0.4 is 0 Å². The third-order valence-corrected chi connectivity index (χ3v) is 4.82. The molecule has 2 heterocycles. The topological polar surface area (TPSA) is 68.0 Å². The van der Waals surface area contributed by atoms with Gasteiger partial charge in [-0.05, 0) is 12.3 Å². The maximum absolute atomic E-state index is 11.2. The van der Waals surface area contributed by atoms with Gasteiger partial charge in [-0.2, -0.15) is 0 Å². The monoisotopic (exact) mass is 277 g/mol. The van der Waals surface area contributed by atoms with Gasteiger partial charge in [0.05, 0.1) is 5.92 Å². The first-order valence-corrected chi connectivity index (χ1v) is 7.88. The number of fused-ring (bicyclic) bond motifs is 1. The Morgan fingerprint density at radius 3 is 2.60 bits per heavy atom. The van der Waals surface area contributed by atoms with Crippen molar-refractivity contribution in [1.82, 2.24) is 14.8 Å². The summed E-state index contributed by atoms with van der Waals surface area (Å²) in [5.41, 5.74) is 0. The van der Waals surface area contributed by atoms with Gasteiger partial charge in [0.1, 0.15) is 11.6 Å². The second kappa shape index (κ2) is 5.94. The molecule has 3 rings (SSSR count). The molecule has 1 fully saturated rings. The summed E-state index contributed by atoms with van der Waals surface area (Å²) in [5, 5.41) is 17.8. The van der Waals surface area contributed by atoms with E-state index < -0.39 is 5.97 Å². The summed E-state index contributed by atoms with van der Waals surface area (Å²) >= 11 is 0. The minimum absolute atomic E-state index is 0.272. The summed E-state index contributed by atoms with van der Waals surface area (Å²) in [4.78, 5) is 11.2. The van der Waals surface area contributed by atoms with Gasteiger partial charge in [0.25, 0.3) is 0 Å². The highest BCUT2D eigenvalue weighted by molar-refractivity contribution is 5.70. The molecule has 1 aromatic rings. The Kier molecular flexibility index (Phi) is 4.03. The van der Waals surface area contributed by atoms with Gasteiger partial charge in [-0.1, -0.05) is 38.5 Å². The smallest absolute Gasteiger partial charge is 0.308 e. The molecule has 5 nitrogen and oxygen atoms in total. The van der Waals surface area contributed by atoms with E-state index in [1.54, 1.807) is 0 Å². The van der Waals surface area contributed by atoms with Crippen LogP contribution in [0.1, 0.15) is 56.6 Å². The van der Waals surface area contributed by atoms with E-state index in [4.69, 9.17) is 0 Å². The standard InChI is InChI=1S/C15H23N3O2/c19-15(20)12-7-8-13-16-17-14(18(13)10-12)9-11-5-3-1-2-4-6-11/h11-12H,1-10H2,(H,19,20). The van der Waals surface area contributed by atoms with Gasteiger partial charge in [-0.25, -0.2) is 0 Å². The number of aryl methyl sites for hydroxylation is 1. The number of hydrogen-bond donors (Lipinski definition) is 1. The van der Waals surface area contributed by atoms with E-state index in [0.717, 1.165) is 24.5 Å². The van der Waals surface area contributed by atoms with Crippen LogP contribution in [0.25, 0.3) is 0 Å². The van der Waals surface area contributed by atoms with Gasteiger partial charge in [-0.3, -0.25) is 4.79 Å². The third-order valence-electron chi connectivity index (χ3n) is 4.82. The Balaban J connectivity index is 1.71. The molecule has 1 aromatic heterocycles. The maximum Gasteiger partial charge on any atom is 0.308 e. The lowest BCUT2D eigenvalue weighted by Gasteiger charge is -2.22. The molecule has 0 spiro atoms. The van der Waals surface area contributed by atoms with Gasteiger partial charge in [0, 0.05) is 19.4 Å². The lowest BCUT2D eigenvalue weighted by molar-refractivity contribution is -0.142. The summed E-state index contributed by atoms with van der Waals surface area (Å²) in [7, 11) is 0. The molecule has 1 saturated carbocycles. The molecule has 1 aliphatic heterocycles. The van der Waals surface area contributed by atoms with E-state index in [1.165, 1.54) is 38.5 Å². The first-order chi connectivity index (χ1) is 9.74. The second-order valence-corrected chi connectivity index (χ2v) is 6.28. The molecule has 0 amide bonds. The quantitative estimate of drug-likeness (QED) is 0.862. The van der Waals surface area contributed by atoms with Gasteiger partial charge < -0.3 is 9.67 Å². The number of rotatable bonds is 3. The fourth-order valence-electron chi connectivity index (χ4n) is 3.56. The molecule has 1 atom stereocenters. The lowest BCUT2D eigenvalue weighted by atomic mass is 9.95. The first-order valence-electron chi connectivity index (χ1n) is 7.88. The molecule has 110 valence electrons. The maximum atomic E-state index is 11.2. The minimum atomic E-state index is -0.690. The van der Waals surface area contributed by atoms with Crippen LogP contribution >= 0.6 is 0 Å². The van der Waals surface area contributed by atoms with Crippen LogP contribution in [-0.4, -0.2) is 25.8 Å². The van der Waals surface area contributed by atoms with E-state index in [0.29, 0.717) is 18.9 Å². The number of aliphatic carboxylic acids is 1. The molecular formula is C15H23N3O2. The zero-order valence-corrected chi connectivity index (χ0v) is 11.9. The Bertz CT molecular complexity index is 475. The molecule has 0 bridgehead atoms. The molecule has 2 aliphatic rings. The Morgan fingerprint density at radius 2 is 1.90 bits per heavy atom. The average molecular weight is 277 g/mol. The van der Waals surface area contributed by atoms with Crippen molar-refractivity contribution in [2.45, 2.75) is 64.3 Å². The van der Waals surface area contributed by atoms with Crippen molar-refractivity contribution in [1.29, 1.82) is 0 Å². The van der Waals surface area contributed by atoms with Crippen molar-refractivity contribution in [3.8, 4) is 0 Å². The van der Waals surface area contributed by atoms with Crippen LogP contribution in [0, 0.1) is 11.8 Å². The Labute approximate surface area is 119 Å². The van der Waals surface area contributed by atoms with Crippen molar-refractivity contribution in [2.24, 2.45) is 11.8 Å². The number of carboxylic acids is 1. The normalized spacial score (nSPS) is 24.1. The zero-order chi connectivity index (χ0) is 13.9. The van der Waals surface area contributed by atoms with E-state index in [-0.39, 0.29) is 5.92 Å². The van der Waals surface area contributed by atoms with Gasteiger partial charge >= 0.3 is 5.97 Å². The molecule has 0 aromatic carbocycles. The van der Waals surface area contributed by atoms with Gasteiger partial charge in [0.2, 0.25) is 0 Å². The number of nitrogens with zero attached hydrogens (tertiary/aromatic N) is 3. The predicted molar refractivity (Wildman–Crippen MR) is 74.4 cm³/mol. The first kappa shape index (κ1) is 13.6. The van der Waals surface area contributed by atoms with Crippen LogP contribution in [0.2, 0.25) is 0 Å². The lowest BCUT2D eigenvalue weighted by Crippen LogP contribution is -2.28. The van der Waals surface area contributed by atoms with E-state index in [2.05, 4.69) is 14.8 Å².